The van der Waals surface area contributed by atoms with E-state index in [1.54, 1.807) is 0 Å². The third kappa shape index (κ3) is 4.49. The Labute approximate surface area is 93.8 Å². The maximum atomic E-state index is 5.50. The number of methoxy groups -OCH3 is 1. The summed E-state index contributed by atoms with van der Waals surface area (Å²) in [7, 11) is 1.82. The van der Waals surface area contributed by atoms with Gasteiger partial charge in [0.1, 0.15) is 0 Å². The zero-order chi connectivity index (χ0) is 11.1. The average molecular weight is 214 g/mol. The number of hydrogen-bond donors (Lipinski definition) is 2. The molecule has 0 aromatic rings. The zero-order valence-corrected chi connectivity index (χ0v) is 10.2. The normalized spacial score (nSPS) is 28.2. The van der Waals surface area contributed by atoms with Crippen molar-refractivity contribution < 1.29 is 4.74 Å². The summed E-state index contributed by atoms with van der Waals surface area (Å²) in [5.74, 6) is 0.728. The molecule has 1 fully saturated rings. The van der Waals surface area contributed by atoms with E-state index in [1.165, 1.54) is 25.7 Å². The van der Waals surface area contributed by atoms with Gasteiger partial charge in [0.2, 0.25) is 0 Å². The summed E-state index contributed by atoms with van der Waals surface area (Å²) >= 11 is 0. The summed E-state index contributed by atoms with van der Waals surface area (Å²) in [5.41, 5.74) is 5.50. The van der Waals surface area contributed by atoms with Gasteiger partial charge in [0.25, 0.3) is 0 Å². The lowest BCUT2D eigenvalue weighted by atomic mass is 10.0. The summed E-state index contributed by atoms with van der Waals surface area (Å²) in [4.78, 5) is 0. The van der Waals surface area contributed by atoms with Gasteiger partial charge in [-0.25, -0.2) is 0 Å². The number of hydrogen-bond acceptors (Lipinski definition) is 3. The van der Waals surface area contributed by atoms with Crippen molar-refractivity contribution in [2.24, 2.45) is 11.7 Å². The van der Waals surface area contributed by atoms with Crippen molar-refractivity contribution in [1.82, 2.24) is 5.32 Å². The highest BCUT2D eigenvalue weighted by molar-refractivity contribution is 4.84. The van der Waals surface area contributed by atoms with Gasteiger partial charge in [-0.1, -0.05) is 6.92 Å². The Kier molecular flexibility index (Phi) is 6.22. The van der Waals surface area contributed by atoms with E-state index in [9.17, 15) is 0 Å². The number of ether oxygens (including phenoxy) is 1. The fourth-order valence-corrected chi connectivity index (χ4v) is 2.36. The number of nitrogens with two attached hydrogens (primary N) is 1. The van der Waals surface area contributed by atoms with Gasteiger partial charge in [-0.05, 0) is 51.1 Å². The summed E-state index contributed by atoms with van der Waals surface area (Å²) in [5, 5.41) is 3.63. The second kappa shape index (κ2) is 7.20. The minimum absolute atomic E-state index is 0.437. The SMILES string of the molecule is COC1CCCC1NCC(C)CCCN. The van der Waals surface area contributed by atoms with Crippen molar-refractivity contribution in [2.45, 2.75) is 51.2 Å². The molecule has 0 bridgehead atoms. The summed E-state index contributed by atoms with van der Waals surface area (Å²) < 4.78 is 5.45. The molecule has 15 heavy (non-hydrogen) atoms. The highest BCUT2D eigenvalue weighted by Gasteiger charge is 2.26. The van der Waals surface area contributed by atoms with E-state index in [0.29, 0.717) is 12.1 Å². The molecule has 0 aromatic carbocycles. The van der Waals surface area contributed by atoms with E-state index in [2.05, 4.69) is 12.2 Å². The average Bonchev–Trinajstić information content (AvgIpc) is 2.70. The third-order valence-electron chi connectivity index (χ3n) is 3.38. The van der Waals surface area contributed by atoms with E-state index in [-0.39, 0.29) is 0 Å². The van der Waals surface area contributed by atoms with Crippen molar-refractivity contribution >= 4 is 0 Å². The maximum Gasteiger partial charge on any atom is 0.0724 e. The quantitative estimate of drug-likeness (QED) is 0.675. The van der Waals surface area contributed by atoms with Gasteiger partial charge in [0.15, 0.2) is 0 Å². The molecule has 3 unspecified atom stereocenters. The van der Waals surface area contributed by atoms with Crippen LogP contribution in [0.5, 0.6) is 0 Å². The number of rotatable bonds is 7. The third-order valence-corrected chi connectivity index (χ3v) is 3.38. The summed E-state index contributed by atoms with van der Waals surface area (Å²) in [6.45, 7) is 4.21. The standard InChI is InChI=1S/C12H26N2O/c1-10(5-4-8-13)9-14-11-6-3-7-12(11)15-2/h10-12,14H,3-9,13H2,1-2H3. The van der Waals surface area contributed by atoms with Crippen LogP contribution in [0, 0.1) is 5.92 Å². The van der Waals surface area contributed by atoms with E-state index >= 15 is 0 Å². The molecule has 1 aliphatic rings. The monoisotopic (exact) mass is 214 g/mol. The number of nitrogens with one attached hydrogen (secondary N) is 1. The first kappa shape index (κ1) is 12.9. The molecule has 1 aliphatic carbocycles. The van der Waals surface area contributed by atoms with Crippen LogP contribution in [-0.4, -0.2) is 32.3 Å². The first-order valence-electron chi connectivity index (χ1n) is 6.24. The van der Waals surface area contributed by atoms with Gasteiger partial charge in [-0.15, -0.1) is 0 Å². The molecule has 3 heteroatoms. The van der Waals surface area contributed by atoms with Crippen LogP contribution in [0.4, 0.5) is 0 Å². The zero-order valence-electron chi connectivity index (χ0n) is 10.2. The van der Waals surface area contributed by atoms with E-state index in [1.807, 2.05) is 7.11 Å². The Morgan fingerprint density at radius 3 is 2.93 bits per heavy atom. The Morgan fingerprint density at radius 2 is 2.27 bits per heavy atom. The molecule has 0 aliphatic heterocycles. The lowest BCUT2D eigenvalue weighted by molar-refractivity contribution is 0.0839. The van der Waals surface area contributed by atoms with Crippen LogP contribution in [0.3, 0.4) is 0 Å². The Balaban J connectivity index is 2.12. The first-order valence-corrected chi connectivity index (χ1v) is 6.24. The Morgan fingerprint density at radius 1 is 1.47 bits per heavy atom. The molecule has 0 radical (unpaired) electrons. The second-order valence-corrected chi connectivity index (χ2v) is 4.76. The van der Waals surface area contributed by atoms with Crippen LogP contribution < -0.4 is 11.1 Å². The largest absolute Gasteiger partial charge is 0.380 e. The molecule has 0 spiro atoms. The molecular formula is C12H26N2O. The van der Waals surface area contributed by atoms with Crippen molar-refractivity contribution in [3.63, 3.8) is 0 Å². The molecule has 0 amide bonds. The van der Waals surface area contributed by atoms with E-state index in [4.69, 9.17) is 10.5 Å². The van der Waals surface area contributed by atoms with E-state index in [0.717, 1.165) is 25.4 Å². The predicted molar refractivity (Wildman–Crippen MR) is 63.9 cm³/mol. The van der Waals surface area contributed by atoms with Gasteiger partial charge in [-0.2, -0.15) is 0 Å². The van der Waals surface area contributed by atoms with Crippen molar-refractivity contribution in [2.75, 3.05) is 20.2 Å². The molecule has 90 valence electrons. The molecular weight excluding hydrogens is 188 g/mol. The minimum Gasteiger partial charge on any atom is -0.380 e. The summed E-state index contributed by atoms with van der Waals surface area (Å²) in [6, 6.07) is 0.579. The lowest BCUT2D eigenvalue weighted by Gasteiger charge is -2.21. The molecule has 1 rings (SSSR count). The van der Waals surface area contributed by atoms with Crippen LogP contribution in [0.25, 0.3) is 0 Å². The van der Waals surface area contributed by atoms with Gasteiger partial charge in [-0.3, -0.25) is 0 Å². The predicted octanol–water partition coefficient (Wildman–Crippen LogP) is 1.52. The van der Waals surface area contributed by atoms with Gasteiger partial charge in [0.05, 0.1) is 6.10 Å². The molecule has 0 saturated heterocycles. The topological polar surface area (TPSA) is 47.3 Å². The molecule has 0 heterocycles. The van der Waals surface area contributed by atoms with Crippen LogP contribution in [-0.2, 0) is 4.74 Å². The van der Waals surface area contributed by atoms with Crippen LogP contribution in [0.1, 0.15) is 39.0 Å². The van der Waals surface area contributed by atoms with Crippen LogP contribution in [0.15, 0.2) is 0 Å². The fraction of sp³-hybridized carbons (Fsp3) is 1.00. The van der Waals surface area contributed by atoms with Gasteiger partial charge in [0, 0.05) is 13.2 Å². The Hall–Kier alpha value is -0.120. The van der Waals surface area contributed by atoms with Crippen molar-refractivity contribution in [1.29, 1.82) is 0 Å². The molecule has 3 nitrogen and oxygen atoms in total. The van der Waals surface area contributed by atoms with E-state index < -0.39 is 0 Å². The molecule has 3 atom stereocenters. The van der Waals surface area contributed by atoms with Crippen LogP contribution in [0.2, 0.25) is 0 Å². The minimum atomic E-state index is 0.437. The summed E-state index contributed by atoms with van der Waals surface area (Å²) in [6.07, 6.45) is 6.59. The first-order chi connectivity index (χ1) is 7.27. The smallest absolute Gasteiger partial charge is 0.0724 e. The fourth-order valence-electron chi connectivity index (χ4n) is 2.36. The molecule has 1 saturated carbocycles. The molecule has 3 N–H and O–H groups in total. The highest BCUT2D eigenvalue weighted by Crippen LogP contribution is 2.21. The second-order valence-electron chi connectivity index (χ2n) is 4.76. The van der Waals surface area contributed by atoms with Gasteiger partial charge < -0.3 is 15.8 Å². The van der Waals surface area contributed by atoms with Crippen LogP contribution >= 0.6 is 0 Å². The molecule has 0 aromatic heterocycles. The highest BCUT2D eigenvalue weighted by atomic mass is 16.5. The van der Waals surface area contributed by atoms with Crippen molar-refractivity contribution in [3.8, 4) is 0 Å². The maximum absolute atomic E-state index is 5.50. The lowest BCUT2D eigenvalue weighted by Crippen LogP contribution is -2.39. The van der Waals surface area contributed by atoms with Gasteiger partial charge >= 0.3 is 0 Å². The van der Waals surface area contributed by atoms with Crippen molar-refractivity contribution in [3.05, 3.63) is 0 Å². The Bertz CT molecular complexity index is 164.